The van der Waals surface area contributed by atoms with Gasteiger partial charge in [-0.1, -0.05) is 6.07 Å². The Labute approximate surface area is 219 Å². The highest BCUT2D eigenvalue weighted by atomic mass is 19.4. The van der Waals surface area contributed by atoms with Crippen LogP contribution in [0.4, 0.5) is 18.9 Å². The predicted molar refractivity (Wildman–Crippen MR) is 140 cm³/mol. The third-order valence-electron chi connectivity index (χ3n) is 6.28. The van der Waals surface area contributed by atoms with Gasteiger partial charge in [0, 0.05) is 36.4 Å². The Bertz CT molecular complexity index is 1720. The number of fused-ring (bicyclic) bond motifs is 1. The van der Waals surface area contributed by atoms with E-state index in [-0.39, 0.29) is 29.1 Å². The Balaban J connectivity index is 1.49. The van der Waals surface area contributed by atoms with Crippen molar-refractivity contribution in [3.8, 4) is 22.8 Å². The zero-order valence-corrected chi connectivity index (χ0v) is 20.6. The Morgan fingerprint density at radius 1 is 1.21 bits per heavy atom. The van der Waals surface area contributed by atoms with Crippen LogP contribution in [0.5, 0.6) is 5.75 Å². The molecular weight excluding hydrogens is 513 g/mol. The molecular formula is C27H23F3N6O3. The molecule has 200 valence electrons. The second kappa shape index (κ2) is 10.2. The van der Waals surface area contributed by atoms with Crippen molar-refractivity contribution in [1.29, 1.82) is 0 Å². The first-order chi connectivity index (χ1) is 18.6. The maximum atomic E-state index is 13.5. The fourth-order valence-electron chi connectivity index (χ4n) is 4.39. The molecule has 1 atom stereocenters. The average molecular weight is 537 g/mol. The van der Waals surface area contributed by atoms with Gasteiger partial charge in [0.1, 0.15) is 17.1 Å². The number of aryl methyl sites for hydroxylation is 1. The van der Waals surface area contributed by atoms with Crippen molar-refractivity contribution in [2.24, 2.45) is 10.9 Å². The zero-order valence-electron chi connectivity index (χ0n) is 20.6. The van der Waals surface area contributed by atoms with Crippen molar-refractivity contribution in [1.82, 2.24) is 24.5 Å². The summed E-state index contributed by atoms with van der Waals surface area (Å²) in [6.07, 6.45) is 2.99. The number of pyridine rings is 1. The highest BCUT2D eigenvalue weighted by Gasteiger charge is 2.34. The first-order valence-electron chi connectivity index (χ1n) is 11.9. The predicted octanol–water partition coefficient (Wildman–Crippen LogP) is 4.69. The van der Waals surface area contributed by atoms with Crippen molar-refractivity contribution in [2.75, 3.05) is 6.61 Å². The van der Waals surface area contributed by atoms with Crippen LogP contribution in [0.2, 0.25) is 0 Å². The number of imidazole rings is 2. The third-order valence-corrected chi connectivity index (χ3v) is 6.28. The summed E-state index contributed by atoms with van der Waals surface area (Å²) in [5.41, 5.74) is 1.89. The SMILES string of the molecule is Cc1cc(-n2ccnc2)cc2[nH]c(-c3c(N=CC(CO)Cc4ccc(O)cc4C(F)(F)F)cc[nH]c3=O)nc12. The number of halogens is 3. The van der Waals surface area contributed by atoms with Crippen LogP contribution in [0.3, 0.4) is 0 Å². The smallest absolute Gasteiger partial charge is 0.416 e. The molecule has 0 bridgehead atoms. The second-order valence-electron chi connectivity index (χ2n) is 9.05. The summed E-state index contributed by atoms with van der Waals surface area (Å²) in [7, 11) is 0. The maximum Gasteiger partial charge on any atom is 0.416 e. The van der Waals surface area contributed by atoms with E-state index < -0.39 is 35.6 Å². The van der Waals surface area contributed by atoms with E-state index in [2.05, 4.69) is 24.9 Å². The van der Waals surface area contributed by atoms with E-state index in [1.807, 2.05) is 23.6 Å². The van der Waals surface area contributed by atoms with Gasteiger partial charge in [-0.3, -0.25) is 9.79 Å². The molecule has 5 rings (SSSR count). The van der Waals surface area contributed by atoms with Crippen LogP contribution in [0, 0.1) is 12.8 Å². The molecule has 39 heavy (non-hydrogen) atoms. The van der Waals surface area contributed by atoms with Gasteiger partial charge in [0.2, 0.25) is 0 Å². The van der Waals surface area contributed by atoms with E-state index in [0.717, 1.165) is 17.3 Å². The zero-order chi connectivity index (χ0) is 27.7. The molecule has 0 amide bonds. The highest BCUT2D eigenvalue weighted by molar-refractivity contribution is 5.86. The third kappa shape index (κ3) is 5.32. The van der Waals surface area contributed by atoms with Gasteiger partial charge in [0.05, 0.1) is 35.2 Å². The standard InChI is InChI=1S/C27H23F3N6O3/c1-15-8-18(36-7-6-31-14-36)10-22-24(15)35-25(34-22)23-21(4-5-32-26(23)39)33-12-16(13-37)9-17-2-3-19(38)11-20(17)27(28,29)30/h2-8,10-12,14,16,37-38H,9,13H2,1H3,(H,32,39)(H,34,35). The van der Waals surface area contributed by atoms with Crippen molar-refractivity contribution in [3.05, 3.63) is 88.4 Å². The lowest BCUT2D eigenvalue weighted by atomic mass is 9.96. The largest absolute Gasteiger partial charge is 0.508 e. The van der Waals surface area contributed by atoms with Gasteiger partial charge in [-0.15, -0.1) is 0 Å². The fraction of sp³-hybridized carbons (Fsp3) is 0.185. The molecule has 0 aliphatic carbocycles. The normalized spacial score (nSPS) is 12.9. The fourth-order valence-corrected chi connectivity index (χ4v) is 4.39. The van der Waals surface area contributed by atoms with Crippen LogP contribution in [-0.2, 0) is 12.6 Å². The van der Waals surface area contributed by atoms with Gasteiger partial charge >= 0.3 is 6.18 Å². The molecule has 2 aromatic carbocycles. The summed E-state index contributed by atoms with van der Waals surface area (Å²) in [5.74, 6) is -1.03. The number of aliphatic imine (C=N–C) groups is 1. The van der Waals surface area contributed by atoms with Gasteiger partial charge in [0.15, 0.2) is 0 Å². The lowest BCUT2D eigenvalue weighted by Gasteiger charge is -2.16. The van der Waals surface area contributed by atoms with Gasteiger partial charge in [-0.25, -0.2) is 9.97 Å². The Morgan fingerprint density at radius 3 is 2.74 bits per heavy atom. The van der Waals surface area contributed by atoms with Crippen LogP contribution < -0.4 is 5.56 Å². The van der Waals surface area contributed by atoms with Crippen molar-refractivity contribution < 1.29 is 23.4 Å². The minimum absolute atomic E-state index is 0.0987. The molecule has 0 saturated carbocycles. The summed E-state index contributed by atoms with van der Waals surface area (Å²) < 4.78 is 42.3. The van der Waals surface area contributed by atoms with Gasteiger partial charge in [-0.05, 0) is 54.8 Å². The summed E-state index contributed by atoms with van der Waals surface area (Å²) in [6, 6.07) is 8.33. The molecule has 0 aliphatic heterocycles. The number of aromatic hydroxyl groups is 1. The second-order valence-corrected chi connectivity index (χ2v) is 9.05. The van der Waals surface area contributed by atoms with Gasteiger partial charge < -0.3 is 24.7 Å². The molecule has 3 heterocycles. The lowest BCUT2D eigenvalue weighted by Crippen LogP contribution is -2.16. The van der Waals surface area contributed by atoms with Crippen LogP contribution in [0.1, 0.15) is 16.7 Å². The minimum atomic E-state index is -4.68. The molecule has 1 unspecified atom stereocenters. The summed E-state index contributed by atoms with van der Waals surface area (Å²) in [4.78, 5) is 31.7. The molecule has 9 nitrogen and oxygen atoms in total. The quantitative estimate of drug-likeness (QED) is 0.224. The van der Waals surface area contributed by atoms with Crippen LogP contribution in [0.15, 0.2) is 71.1 Å². The number of phenolic OH excluding ortho intramolecular Hbond substituents is 1. The van der Waals surface area contributed by atoms with E-state index in [9.17, 15) is 28.2 Å². The minimum Gasteiger partial charge on any atom is -0.508 e. The van der Waals surface area contributed by atoms with Crippen molar-refractivity contribution >= 4 is 22.9 Å². The topological polar surface area (TPSA) is 132 Å². The van der Waals surface area contributed by atoms with Crippen LogP contribution >= 0.6 is 0 Å². The lowest BCUT2D eigenvalue weighted by molar-refractivity contribution is -0.138. The molecule has 0 saturated heterocycles. The van der Waals surface area contributed by atoms with Crippen LogP contribution in [0.25, 0.3) is 28.1 Å². The number of aliphatic hydroxyl groups is 1. The first kappa shape index (κ1) is 25.9. The van der Waals surface area contributed by atoms with Gasteiger partial charge in [-0.2, -0.15) is 13.2 Å². The summed E-state index contributed by atoms with van der Waals surface area (Å²) in [5, 5.41) is 19.4. The molecule has 0 aliphatic rings. The first-order valence-corrected chi connectivity index (χ1v) is 11.9. The number of hydrogen-bond donors (Lipinski definition) is 4. The molecule has 0 fully saturated rings. The number of aromatic nitrogens is 5. The number of benzene rings is 2. The summed E-state index contributed by atoms with van der Waals surface area (Å²) in [6.45, 7) is 1.41. The van der Waals surface area contributed by atoms with E-state index in [4.69, 9.17) is 0 Å². The number of hydrogen-bond acceptors (Lipinski definition) is 6. The maximum absolute atomic E-state index is 13.5. The molecule has 0 spiro atoms. The number of rotatable bonds is 7. The van der Waals surface area contributed by atoms with Crippen molar-refractivity contribution in [2.45, 2.75) is 19.5 Å². The van der Waals surface area contributed by atoms with E-state index in [0.29, 0.717) is 17.1 Å². The monoisotopic (exact) mass is 536 g/mol. The number of aliphatic hydroxyl groups excluding tert-OH is 1. The molecule has 12 heteroatoms. The number of phenols is 1. The number of nitrogens with one attached hydrogen (secondary N) is 2. The summed E-state index contributed by atoms with van der Waals surface area (Å²) >= 11 is 0. The molecule has 0 radical (unpaired) electrons. The Morgan fingerprint density at radius 2 is 2.03 bits per heavy atom. The Kier molecular flexibility index (Phi) is 6.79. The van der Waals surface area contributed by atoms with Crippen LogP contribution in [-0.4, -0.2) is 47.5 Å². The van der Waals surface area contributed by atoms with E-state index in [1.165, 1.54) is 18.5 Å². The number of alkyl halides is 3. The van der Waals surface area contributed by atoms with E-state index in [1.54, 1.807) is 24.8 Å². The Hall–Kier alpha value is -4.71. The molecule has 5 aromatic rings. The molecule has 4 N–H and O–H groups in total. The number of aromatic amines is 2. The van der Waals surface area contributed by atoms with Crippen molar-refractivity contribution in [3.63, 3.8) is 0 Å². The average Bonchev–Trinajstić information content (AvgIpc) is 3.57. The van der Waals surface area contributed by atoms with E-state index >= 15 is 0 Å². The molecule has 3 aromatic heterocycles. The van der Waals surface area contributed by atoms with Gasteiger partial charge in [0.25, 0.3) is 5.56 Å². The number of nitrogens with zero attached hydrogens (tertiary/aromatic N) is 4. The highest BCUT2D eigenvalue weighted by Crippen LogP contribution is 2.35. The number of H-pyrrole nitrogens is 2.